The summed E-state index contributed by atoms with van der Waals surface area (Å²) < 4.78 is 0. The molecule has 0 bridgehead atoms. The summed E-state index contributed by atoms with van der Waals surface area (Å²) in [6, 6.07) is 8.44. The molecule has 0 fully saturated rings. The van der Waals surface area contributed by atoms with E-state index in [0.717, 1.165) is 28.6 Å². The van der Waals surface area contributed by atoms with Gasteiger partial charge >= 0.3 is 0 Å². The van der Waals surface area contributed by atoms with Crippen LogP contribution in [-0.4, -0.2) is 9.97 Å². The van der Waals surface area contributed by atoms with E-state index in [-0.39, 0.29) is 0 Å². The smallest absolute Gasteiger partial charge is 0.143 e. The summed E-state index contributed by atoms with van der Waals surface area (Å²) in [7, 11) is 0. The van der Waals surface area contributed by atoms with E-state index in [1.54, 1.807) is 0 Å². The van der Waals surface area contributed by atoms with Crippen molar-refractivity contribution in [3.8, 4) is 0 Å². The Morgan fingerprint density at radius 2 is 1.86 bits per heavy atom. The van der Waals surface area contributed by atoms with Gasteiger partial charge in [-0.3, -0.25) is 0 Å². The fourth-order valence-electron chi connectivity index (χ4n) is 2.97. The molecular weight excluding hydrogens is 278 g/mol. The Kier molecular flexibility index (Phi) is 2.93. The Hall–Kier alpha value is -1.94. The van der Waals surface area contributed by atoms with Crippen molar-refractivity contribution in [1.29, 1.82) is 0 Å². The highest BCUT2D eigenvalue weighted by molar-refractivity contribution is 7.19. The van der Waals surface area contributed by atoms with Crippen LogP contribution in [0.2, 0.25) is 0 Å². The number of rotatable bonds is 2. The maximum absolute atomic E-state index is 4.65. The second-order valence-corrected chi connectivity index (χ2v) is 6.73. The molecule has 0 amide bonds. The first-order valence-electron chi connectivity index (χ1n) is 7.33. The third kappa shape index (κ3) is 2.20. The quantitative estimate of drug-likeness (QED) is 0.754. The monoisotopic (exact) mass is 295 g/mol. The Bertz CT molecular complexity index is 818. The van der Waals surface area contributed by atoms with Gasteiger partial charge in [-0.2, -0.15) is 0 Å². The van der Waals surface area contributed by atoms with Crippen LogP contribution in [0.15, 0.2) is 24.3 Å². The van der Waals surface area contributed by atoms with E-state index in [1.807, 2.05) is 18.3 Å². The van der Waals surface area contributed by atoms with Crippen LogP contribution in [0.5, 0.6) is 0 Å². The van der Waals surface area contributed by atoms with Crippen LogP contribution in [0.25, 0.3) is 10.2 Å². The van der Waals surface area contributed by atoms with Crippen LogP contribution < -0.4 is 5.32 Å². The van der Waals surface area contributed by atoms with Gasteiger partial charge in [-0.1, -0.05) is 17.7 Å². The summed E-state index contributed by atoms with van der Waals surface area (Å²) >= 11 is 1.84. The summed E-state index contributed by atoms with van der Waals surface area (Å²) in [5.41, 5.74) is 3.81. The summed E-state index contributed by atoms with van der Waals surface area (Å²) in [6.45, 7) is 4.06. The molecule has 0 saturated heterocycles. The van der Waals surface area contributed by atoms with Crippen molar-refractivity contribution in [3.05, 3.63) is 46.1 Å². The Morgan fingerprint density at radius 1 is 1.05 bits per heavy atom. The predicted octanol–water partition coefficient (Wildman–Crippen LogP) is 4.54. The lowest BCUT2D eigenvalue weighted by atomic mass is 10.2. The Labute approximate surface area is 128 Å². The number of anilines is 2. The van der Waals surface area contributed by atoms with Gasteiger partial charge < -0.3 is 5.32 Å². The van der Waals surface area contributed by atoms with Gasteiger partial charge in [-0.15, -0.1) is 11.3 Å². The highest BCUT2D eigenvalue weighted by Crippen LogP contribution is 2.40. The summed E-state index contributed by atoms with van der Waals surface area (Å²) in [5, 5.41) is 4.72. The number of aryl methyl sites for hydroxylation is 4. The van der Waals surface area contributed by atoms with Crippen molar-refractivity contribution in [3.63, 3.8) is 0 Å². The summed E-state index contributed by atoms with van der Waals surface area (Å²) in [5.74, 6) is 1.79. The second-order valence-electron chi connectivity index (χ2n) is 5.65. The molecule has 0 radical (unpaired) electrons. The number of aromatic nitrogens is 2. The first-order valence-corrected chi connectivity index (χ1v) is 8.15. The zero-order valence-corrected chi connectivity index (χ0v) is 13.0. The van der Waals surface area contributed by atoms with Gasteiger partial charge in [0.2, 0.25) is 0 Å². The molecule has 1 N–H and O–H groups in total. The molecule has 0 spiro atoms. The molecular formula is C17H17N3S. The molecule has 1 aliphatic rings. The number of benzene rings is 1. The van der Waals surface area contributed by atoms with Crippen molar-refractivity contribution in [2.24, 2.45) is 0 Å². The second kappa shape index (κ2) is 4.81. The van der Waals surface area contributed by atoms with Crippen LogP contribution in [0.1, 0.15) is 28.2 Å². The maximum Gasteiger partial charge on any atom is 0.143 e. The first kappa shape index (κ1) is 12.8. The third-order valence-corrected chi connectivity index (χ3v) is 5.18. The zero-order valence-electron chi connectivity index (χ0n) is 12.2. The van der Waals surface area contributed by atoms with Gasteiger partial charge in [0.25, 0.3) is 0 Å². The molecule has 3 aromatic rings. The molecule has 2 aromatic heterocycles. The third-order valence-electron chi connectivity index (χ3n) is 3.99. The normalized spacial score (nSPS) is 13.6. The lowest BCUT2D eigenvalue weighted by Gasteiger charge is -2.09. The van der Waals surface area contributed by atoms with Crippen LogP contribution in [0, 0.1) is 13.8 Å². The fraction of sp³-hybridized carbons (Fsp3) is 0.294. The molecule has 4 rings (SSSR count). The number of thiophene rings is 1. The minimum Gasteiger partial charge on any atom is -0.340 e. The standard InChI is InChI=1S/C17H17N3S/c1-10-6-8-12(9-7-10)20-16-15-13-4-3-5-14(13)21-17(15)19-11(2)18-16/h6-9H,3-5H2,1-2H3,(H,18,19,20). The lowest BCUT2D eigenvalue weighted by molar-refractivity contribution is 0.917. The molecule has 21 heavy (non-hydrogen) atoms. The maximum atomic E-state index is 4.65. The molecule has 1 aromatic carbocycles. The van der Waals surface area contributed by atoms with E-state index in [0.29, 0.717) is 0 Å². The van der Waals surface area contributed by atoms with Gasteiger partial charge in [-0.05, 0) is 50.8 Å². The van der Waals surface area contributed by atoms with Gasteiger partial charge in [0.1, 0.15) is 16.5 Å². The molecule has 1 aliphatic carbocycles. The molecule has 4 heteroatoms. The highest BCUT2D eigenvalue weighted by Gasteiger charge is 2.21. The van der Waals surface area contributed by atoms with E-state index in [4.69, 9.17) is 0 Å². The minimum atomic E-state index is 0.831. The Morgan fingerprint density at radius 3 is 2.67 bits per heavy atom. The van der Waals surface area contributed by atoms with E-state index in [1.165, 1.54) is 34.2 Å². The van der Waals surface area contributed by atoms with Gasteiger partial charge in [0.05, 0.1) is 5.39 Å². The molecule has 0 aliphatic heterocycles. The Balaban J connectivity index is 1.85. The SMILES string of the molecule is Cc1ccc(Nc2nc(C)nc3sc4c(c23)CCC4)cc1. The van der Waals surface area contributed by atoms with Crippen molar-refractivity contribution < 1.29 is 0 Å². The number of fused-ring (bicyclic) bond motifs is 3. The molecule has 2 heterocycles. The average molecular weight is 295 g/mol. The number of nitrogens with one attached hydrogen (secondary N) is 1. The van der Waals surface area contributed by atoms with Crippen LogP contribution in [-0.2, 0) is 12.8 Å². The summed E-state index contributed by atoms with van der Waals surface area (Å²) in [4.78, 5) is 11.9. The van der Waals surface area contributed by atoms with Crippen molar-refractivity contribution >= 4 is 33.1 Å². The lowest BCUT2D eigenvalue weighted by Crippen LogP contribution is -1.98. The largest absolute Gasteiger partial charge is 0.340 e. The van der Waals surface area contributed by atoms with Gasteiger partial charge in [0.15, 0.2) is 0 Å². The van der Waals surface area contributed by atoms with Crippen LogP contribution in [0.4, 0.5) is 11.5 Å². The molecule has 3 nitrogen and oxygen atoms in total. The van der Waals surface area contributed by atoms with E-state index in [9.17, 15) is 0 Å². The summed E-state index contributed by atoms with van der Waals surface area (Å²) in [6.07, 6.45) is 3.61. The van der Waals surface area contributed by atoms with Gasteiger partial charge in [-0.25, -0.2) is 9.97 Å². The number of hydrogen-bond donors (Lipinski definition) is 1. The molecule has 0 atom stereocenters. The van der Waals surface area contributed by atoms with Crippen LogP contribution >= 0.6 is 11.3 Å². The van der Waals surface area contributed by atoms with Crippen molar-refractivity contribution in [2.45, 2.75) is 33.1 Å². The molecule has 0 unspecified atom stereocenters. The van der Waals surface area contributed by atoms with E-state index >= 15 is 0 Å². The fourth-order valence-corrected chi connectivity index (χ4v) is 4.27. The van der Waals surface area contributed by atoms with E-state index in [2.05, 4.69) is 46.5 Å². The first-order chi connectivity index (χ1) is 10.2. The van der Waals surface area contributed by atoms with Gasteiger partial charge in [0, 0.05) is 10.6 Å². The zero-order chi connectivity index (χ0) is 14.4. The average Bonchev–Trinajstić information content (AvgIpc) is 3.01. The highest BCUT2D eigenvalue weighted by atomic mass is 32.1. The van der Waals surface area contributed by atoms with Crippen molar-refractivity contribution in [1.82, 2.24) is 9.97 Å². The molecule has 0 saturated carbocycles. The number of nitrogens with zero attached hydrogens (tertiary/aromatic N) is 2. The van der Waals surface area contributed by atoms with Crippen LogP contribution in [0.3, 0.4) is 0 Å². The minimum absolute atomic E-state index is 0.831. The molecule has 106 valence electrons. The predicted molar refractivity (Wildman–Crippen MR) is 88.6 cm³/mol. The number of hydrogen-bond acceptors (Lipinski definition) is 4. The van der Waals surface area contributed by atoms with E-state index < -0.39 is 0 Å². The van der Waals surface area contributed by atoms with Crippen molar-refractivity contribution in [2.75, 3.05) is 5.32 Å². The topological polar surface area (TPSA) is 37.8 Å².